The van der Waals surface area contributed by atoms with Crippen LogP contribution in [0.3, 0.4) is 0 Å². The van der Waals surface area contributed by atoms with E-state index in [0.29, 0.717) is 22.5 Å². The lowest BCUT2D eigenvalue weighted by atomic mass is 10.1. The molecule has 0 saturated carbocycles. The summed E-state index contributed by atoms with van der Waals surface area (Å²) in [6, 6.07) is 9.95. The van der Waals surface area contributed by atoms with Gasteiger partial charge in [-0.05, 0) is 48.9 Å². The Balaban J connectivity index is 1.70. The number of benzene rings is 2. The molecule has 0 amide bonds. The fourth-order valence-corrected chi connectivity index (χ4v) is 3.83. The SMILES string of the molecule is COc1cc(/C=C/c2nc3cc(S(C)(=O)=O)ccc3c(=O)[nH]2)ccc1-n1cnc(C)c1. The van der Waals surface area contributed by atoms with E-state index in [-0.39, 0.29) is 10.5 Å². The highest BCUT2D eigenvalue weighted by Crippen LogP contribution is 2.25. The number of hydrogen-bond acceptors (Lipinski definition) is 6. The number of imidazole rings is 1. The number of aryl methyl sites for hydroxylation is 1. The van der Waals surface area contributed by atoms with Gasteiger partial charge in [-0.25, -0.2) is 18.4 Å². The third-order valence-electron chi connectivity index (χ3n) is 4.75. The molecule has 1 N–H and O–H groups in total. The van der Waals surface area contributed by atoms with Crippen molar-refractivity contribution in [2.24, 2.45) is 0 Å². The van der Waals surface area contributed by atoms with Crippen LogP contribution in [0.4, 0.5) is 0 Å². The van der Waals surface area contributed by atoms with Gasteiger partial charge in [0.05, 0.1) is 40.6 Å². The summed E-state index contributed by atoms with van der Waals surface area (Å²) in [7, 11) is -1.80. The van der Waals surface area contributed by atoms with Gasteiger partial charge >= 0.3 is 0 Å². The van der Waals surface area contributed by atoms with Gasteiger partial charge in [0, 0.05) is 12.5 Å². The largest absolute Gasteiger partial charge is 0.495 e. The number of nitrogens with one attached hydrogen (secondary N) is 1. The van der Waals surface area contributed by atoms with Crippen molar-refractivity contribution in [2.45, 2.75) is 11.8 Å². The highest BCUT2D eigenvalue weighted by molar-refractivity contribution is 7.90. The first-order chi connectivity index (χ1) is 14.7. The predicted molar refractivity (Wildman–Crippen MR) is 119 cm³/mol. The van der Waals surface area contributed by atoms with Gasteiger partial charge in [-0.1, -0.05) is 12.1 Å². The Hall–Kier alpha value is -3.72. The zero-order valence-electron chi connectivity index (χ0n) is 17.2. The van der Waals surface area contributed by atoms with E-state index in [0.717, 1.165) is 23.2 Å². The number of fused-ring (bicyclic) bond motifs is 1. The molecule has 0 spiro atoms. The molecular weight excluding hydrogens is 416 g/mol. The average molecular weight is 436 g/mol. The quantitative estimate of drug-likeness (QED) is 0.515. The van der Waals surface area contributed by atoms with E-state index < -0.39 is 9.84 Å². The highest BCUT2D eigenvalue weighted by Gasteiger charge is 2.11. The Bertz CT molecular complexity index is 1480. The molecule has 9 heteroatoms. The van der Waals surface area contributed by atoms with Gasteiger partial charge in [0.1, 0.15) is 11.6 Å². The van der Waals surface area contributed by atoms with E-state index >= 15 is 0 Å². The first-order valence-corrected chi connectivity index (χ1v) is 11.2. The summed E-state index contributed by atoms with van der Waals surface area (Å²) < 4.78 is 31.0. The normalized spacial score (nSPS) is 12.0. The van der Waals surface area contributed by atoms with Crippen molar-refractivity contribution in [1.29, 1.82) is 0 Å². The number of hydrogen-bond donors (Lipinski definition) is 1. The standard InChI is InChI=1S/C22H20N4O4S/c1-14-12-26(13-23-14)19-8-4-15(10-20(19)30-2)5-9-21-24-18-11-16(31(3,28)29)6-7-17(18)22(27)25-21/h4-13H,1-3H3,(H,24,25,27)/b9-5+. The molecule has 0 saturated heterocycles. The molecule has 0 radical (unpaired) electrons. The molecule has 2 aromatic heterocycles. The fourth-order valence-electron chi connectivity index (χ4n) is 3.19. The number of aromatic amines is 1. The van der Waals surface area contributed by atoms with Crippen LogP contribution in [0.1, 0.15) is 17.1 Å². The summed E-state index contributed by atoms with van der Waals surface area (Å²) in [5.41, 5.74) is 2.56. The molecule has 31 heavy (non-hydrogen) atoms. The number of aromatic nitrogens is 4. The molecule has 0 atom stereocenters. The number of ether oxygens (including phenoxy) is 1. The Morgan fingerprint density at radius 1 is 1.13 bits per heavy atom. The molecule has 0 aliphatic heterocycles. The highest BCUT2D eigenvalue weighted by atomic mass is 32.2. The van der Waals surface area contributed by atoms with E-state index in [9.17, 15) is 13.2 Å². The third kappa shape index (κ3) is 4.26. The van der Waals surface area contributed by atoms with Crippen LogP contribution in [0.25, 0.3) is 28.7 Å². The van der Waals surface area contributed by atoms with E-state index in [4.69, 9.17) is 4.74 Å². The van der Waals surface area contributed by atoms with Gasteiger partial charge in [-0.3, -0.25) is 4.79 Å². The van der Waals surface area contributed by atoms with E-state index in [1.807, 2.05) is 35.9 Å². The Kier molecular flexibility index (Phi) is 5.20. The topological polar surface area (TPSA) is 107 Å². The molecule has 4 rings (SSSR count). The molecule has 0 bridgehead atoms. The lowest BCUT2D eigenvalue weighted by Gasteiger charge is -2.10. The second-order valence-electron chi connectivity index (χ2n) is 7.09. The number of nitrogens with zero attached hydrogens (tertiary/aromatic N) is 3. The number of rotatable bonds is 5. The minimum Gasteiger partial charge on any atom is -0.495 e. The average Bonchev–Trinajstić information content (AvgIpc) is 3.17. The molecule has 0 aliphatic carbocycles. The van der Waals surface area contributed by atoms with Crippen LogP contribution in [0.5, 0.6) is 5.75 Å². The minimum atomic E-state index is -3.40. The second kappa shape index (κ2) is 7.84. The molecule has 2 aromatic carbocycles. The maximum absolute atomic E-state index is 12.4. The monoisotopic (exact) mass is 436 g/mol. The predicted octanol–water partition coefficient (Wildman–Crippen LogP) is 3.00. The lowest BCUT2D eigenvalue weighted by Crippen LogP contribution is -2.10. The van der Waals surface area contributed by atoms with E-state index in [1.165, 1.54) is 18.2 Å². The second-order valence-corrected chi connectivity index (χ2v) is 9.10. The summed E-state index contributed by atoms with van der Waals surface area (Å²) in [5.74, 6) is 0.980. The summed E-state index contributed by atoms with van der Waals surface area (Å²) in [5, 5.41) is 0.325. The van der Waals surface area contributed by atoms with Crippen molar-refractivity contribution < 1.29 is 13.2 Å². The Labute approximate surface area is 178 Å². The minimum absolute atomic E-state index is 0.114. The zero-order chi connectivity index (χ0) is 22.2. The molecule has 4 aromatic rings. The first kappa shape index (κ1) is 20.5. The van der Waals surface area contributed by atoms with Gasteiger partial charge in [0.2, 0.25) is 0 Å². The van der Waals surface area contributed by atoms with Crippen molar-refractivity contribution in [3.05, 3.63) is 76.4 Å². The van der Waals surface area contributed by atoms with Gasteiger partial charge in [-0.15, -0.1) is 0 Å². The first-order valence-electron chi connectivity index (χ1n) is 9.36. The Morgan fingerprint density at radius 3 is 2.61 bits per heavy atom. The van der Waals surface area contributed by atoms with E-state index in [2.05, 4.69) is 15.0 Å². The summed E-state index contributed by atoms with van der Waals surface area (Å²) >= 11 is 0. The van der Waals surface area contributed by atoms with Crippen molar-refractivity contribution in [3.8, 4) is 11.4 Å². The summed E-state index contributed by atoms with van der Waals surface area (Å²) in [4.78, 5) is 23.8. The number of sulfone groups is 1. The maximum atomic E-state index is 12.4. The summed E-state index contributed by atoms with van der Waals surface area (Å²) in [6.45, 7) is 1.91. The number of methoxy groups -OCH3 is 1. The van der Waals surface area contributed by atoms with Crippen LogP contribution < -0.4 is 10.3 Å². The van der Waals surface area contributed by atoms with Gasteiger partial charge in [0.15, 0.2) is 9.84 Å². The van der Waals surface area contributed by atoms with Crippen LogP contribution in [0, 0.1) is 6.92 Å². The maximum Gasteiger partial charge on any atom is 0.259 e. The van der Waals surface area contributed by atoms with Gasteiger partial charge in [0.25, 0.3) is 5.56 Å². The molecule has 0 aliphatic rings. The van der Waals surface area contributed by atoms with Crippen molar-refractivity contribution in [2.75, 3.05) is 13.4 Å². The Morgan fingerprint density at radius 2 is 1.94 bits per heavy atom. The zero-order valence-corrected chi connectivity index (χ0v) is 18.0. The van der Waals surface area contributed by atoms with Crippen LogP contribution >= 0.6 is 0 Å². The molecule has 0 unspecified atom stereocenters. The smallest absolute Gasteiger partial charge is 0.259 e. The van der Waals surface area contributed by atoms with Crippen molar-refractivity contribution in [3.63, 3.8) is 0 Å². The molecule has 0 fully saturated rings. The van der Waals surface area contributed by atoms with Crippen molar-refractivity contribution in [1.82, 2.24) is 19.5 Å². The molecule has 2 heterocycles. The van der Waals surface area contributed by atoms with Crippen LogP contribution in [-0.4, -0.2) is 41.3 Å². The summed E-state index contributed by atoms with van der Waals surface area (Å²) in [6.07, 6.45) is 8.18. The fraction of sp³-hybridized carbons (Fsp3) is 0.136. The van der Waals surface area contributed by atoms with Crippen LogP contribution in [0.2, 0.25) is 0 Å². The van der Waals surface area contributed by atoms with Crippen LogP contribution in [-0.2, 0) is 9.84 Å². The third-order valence-corrected chi connectivity index (χ3v) is 5.86. The van der Waals surface area contributed by atoms with E-state index in [1.54, 1.807) is 25.6 Å². The molecular formula is C22H20N4O4S. The lowest BCUT2D eigenvalue weighted by molar-refractivity contribution is 0.413. The van der Waals surface area contributed by atoms with Crippen LogP contribution in [0.15, 0.2) is 58.6 Å². The van der Waals surface area contributed by atoms with Gasteiger partial charge in [-0.2, -0.15) is 0 Å². The molecule has 8 nitrogen and oxygen atoms in total. The number of H-pyrrole nitrogens is 1. The van der Waals surface area contributed by atoms with Crippen molar-refractivity contribution >= 4 is 32.9 Å². The molecule has 158 valence electrons. The van der Waals surface area contributed by atoms with Gasteiger partial charge < -0.3 is 14.3 Å².